The highest BCUT2D eigenvalue weighted by atomic mass is 32.1. The molecule has 10 nitrogen and oxygen atoms in total. The van der Waals surface area contributed by atoms with Crippen LogP contribution in [0.3, 0.4) is 0 Å². The number of benzene rings is 1. The molecule has 4 aromatic rings. The fraction of sp³-hybridized carbons (Fsp3) is 0.417. The number of hydrogen-bond donors (Lipinski definition) is 3. The van der Waals surface area contributed by atoms with E-state index in [9.17, 15) is 0 Å². The number of rotatable bonds is 4. The summed E-state index contributed by atoms with van der Waals surface area (Å²) in [5.41, 5.74) is 3.04. The van der Waals surface area contributed by atoms with E-state index in [-0.39, 0.29) is 0 Å². The minimum Gasteiger partial charge on any atom is -0.481 e. The van der Waals surface area contributed by atoms with Gasteiger partial charge in [0.05, 0.1) is 35.1 Å². The first-order valence-electron chi connectivity index (χ1n) is 11.8. The lowest BCUT2D eigenvalue weighted by molar-refractivity contribution is -0.134. The first-order valence-corrected chi connectivity index (χ1v) is 12.6. The molecule has 35 heavy (non-hydrogen) atoms. The zero-order valence-corrected chi connectivity index (χ0v) is 20.5. The van der Waals surface area contributed by atoms with Crippen molar-refractivity contribution in [3.63, 3.8) is 0 Å². The number of aromatic amines is 1. The second kappa shape index (κ2) is 10.6. The smallest absolute Gasteiger partial charge is 0.300 e. The van der Waals surface area contributed by atoms with Gasteiger partial charge in [0.15, 0.2) is 11.6 Å². The highest BCUT2D eigenvalue weighted by Gasteiger charge is 2.22. The lowest BCUT2D eigenvalue weighted by Gasteiger charge is -2.28. The number of aliphatic carboxylic acids is 1. The van der Waals surface area contributed by atoms with Gasteiger partial charge in [0, 0.05) is 68.6 Å². The number of aromatic nitrogens is 4. The molecule has 11 heteroatoms. The van der Waals surface area contributed by atoms with Crippen molar-refractivity contribution in [3.05, 3.63) is 35.3 Å². The average molecular weight is 496 g/mol. The summed E-state index contributed by atoms with van der Waals surface area (Å²) in [6, 6.07) is 8.40. The number of thiophene rings is 1. The molecule has 0 spiro atoms. The molecular formula is C24H29N7O3S. The highest BCUT2D eigenvalue weighted by Crippen LogP contribution is 2.36. The molecule has 0 atom stereocenters. The normalized spacial score (nSPS) is 16.9. The first kappa shape index (κ1) is 23.6. The van der Waals surface area contributed by atoms with Crippen LogP contribution in [0.1, 0.15) is 11.8 Å². The van der Waals surface area contributed by atoms with E-state index in [2.05, 4.69) is 37.4 Å². The van der Waals surface area contributed by atoms with Gasteiger partial charge in [-0.1, -0.05) is 12.1 Å². The van der Waals surface area contributed by atoms with Gasteiger partial charge >= 0.3 is 0 Å². The Balaban J connectivity index is 0.000000591. The van der Waals surface area contributed by atoms with Gasteiger partial charge in [-0.3, -0.25) is 14.8 Å². The van der Waals surface area contributed by atoms with Crippen LogP contribution in [0.4, 0.5) is 5.82 Å². The summed E-state index contributed by atoms with van der Waals surface area (Å²) in [4.78, 5) is 25.3. The topological polar surface area (TPSA) is 120 Å². The van der Waals surface area contributed by atoms with Crippen LogP contribution >= 0.6 is 11.3 Å². The maximum Gasteiger partial charge on any atom is 0.300 e. The van der Waals surface area contributed by atoms with E-state index < -0.39 is 5.97 Å². The van der Waals surface area contributed by atoms with E-state index in [1.807, 2.05) is 29.7 Å². The number of nitrogens with zero attached hydrogens (tertiary/aromatic N) is 5. The van der Waals surface area contributed by atoms with Crippen molar-refractivity contribution in [3.8, 4) is 11.4 Å². The van der Waals surface area contributed by atoms with Gasteiger partial charge in [0.25, 0.3) is 5.97 Å². The first-order chi connectivity index (χ1) is 17.1. The van der Waals surface area contributed by atoms with Crippen LogP contribution < -0.4 is 10.2 Å². The number of carboxylic acids is 1. The molecule has 0 bridgehead atoms. The Kier molecular flexibility index (Phi) is 7.19. The molecule has 5 heterocycles. The number of piperazine rings is 1. The number of fused-ring (bicyclic) bond motifs is 2. The van der Waals surface area contributed by atoms with Crippen molar-refractivity contribution in [1.82, 2.24) is 30.4 Å². The van der Waals surface area contributed by atoms with Gasteiger partial charge < -0.3 is 20.1 Å². The second-order valence-corrected chi connectivity index (χ2v) is 9.72. The van der Waals surface area contributed by atoms with Crippen molar-refractivity contribution in [2.75, 3.05) is 57.4 Å². The number of carboxylic acid groups (broad SMARTS) is 1. The average Bonchev–Trinajstić information content (AvgIpc) is 3.51. The quantitative estimate of drug-likeness (QED) is 0.392. The molecule has 0 unspecified atom stereocenters. The number of carbonyl (C=O) groups is 1. The maximum atomic E-state index is 9.00. The van der Waals surface area contributed by atoms with Crippen molar-refractivity contribution in [2.45, 2.75) is 13.5 Å². The fourth-order valence-corrected chi connectivity index (χ4v) is 5.56. The van der Waals surface area contributed by atoms with Crippen LogP contribution in [0.2, 0.25) is 0 Å². The zero-order valence-electron chi connectivity index (χ0n) is 19.7. The molecule has 184 valence electrons. The van der Waals surface area contributed by atoms with Crippen molar-refractivity contribution in [2.24, 2.45) is 0 Å². The van der Waals surface area contributed by atoms with Crippen LogP contribution in [0.15, 0.2) is 30.5 Å². The van der Waals surface area contributed by atoms with Gasteiger partial charge in [-0.25, -0.2) is 9.97 Å². The molecule has 2 saturated heterocycles. The molecule has 2 aliphatic rings. The molecule has 0 saturated carbocycles. The summed E-state index contributed by atoms with van der Waals surface area (Å²) in [7, 11) is 0. The second-order valence-electron chi connectivity index (χ2n) is 8.58. The minimum atomic E-state index is -0.833. The molecular weight excluding hydrogens is 466 g/mol. The van der Waals surface area contributed by atoms with E-state index >= 15 is 0 Å². The number of morpholine rings is 1. The highest BCUT2D eigenvalue weighted by molar-refractivity contribution is 7.19. The Morgan fingerprint density at radius 1 is 1.17 bits per heavy atom. The summed E-state index contributed by atoms with van der Waals surface area (Å²) >= 11 is 1.83. The number of anilines is 1. The Hall–Kier alpha value is -3.12. The molecule has 2 fully saturated rings. The van der Waals surface area contributed by atoms with E-state index in [4.69, 9.17) is 24.6 Å². The lowest BCUT2D eigenvalue weighted by Crippen LogP contribution is -2.42. The molecule has 0 amide bonds. The Labute approximate surface area is 206 Å². The minimum absolute atomic E-state index is 0.733. The summed E-state index contributed by atoms with van der Waals surface area (Å²) in [5, 5.41) is 19.2. The SMILES string of the molecule is CC(=O)O.c1cc(-c2nc(N3CCOCC3)c3sc(CN4CCNCC4)cc3n2)c2cn[nH]c2c1. The standard InChI is InChI=1S/C22H25N7OS.C2H4O2/c1-2-16(17-13-24-27-18(17)3-1)21-25-19-12-15(14-28-6-4-23-5-7-28)31-20(19)22(26-21)29-8-10-30-11-9-29;1-2(3)4/h1-3,12-13,23H,4-11,14H2,(H,24,27);1H3,(H,3,4). The van der Waals surface area contributed by atoms with Crippen molar-refractivity contribution in [1.29, 1.82) is 0 Å². The zero-order chi connectivity index (χ0) is 24.2. The molecule has 0 radical (unpaired) electrons. The predicted octanol–water partition coefficient (Wildman–Crippen LogP) is 2.57. The van der Waals surface area contributed by atoms with E-state index in [0.717, 1.165) is 99.6 Å². The Bertz CT molecular complexity index is 1310. The van der Waals surface area contributed by atoms with Crippen LogP contribution in [0.5, 0.6) is 0 Å². The summed E-state index contributed by atoms with van der Waals surface area (Å²) < 4.78 is 6.77. The lowest BCUT2D eigenvalue weighted by atomic mass is 10.1. The summed E-state index contributed by atoms with van der Waals surface area (Å²) in [5.74, 6) is 0.952. The van der Waals surface area contributed by atoms with E-state index in [1.165, 1.54) is 9.58 Å². The third kappa shape index (κ3) is 5.43. The van der Waals surface area contributed by atoms with Crippen LogP contribution in [0, 0.1) is 0 Å². The molecule has 2 aliphatic heterocycles. The number of nitrogens with one attached hydrogen (secondary N) is 2. The Morgan fingerprint density at radius 3 is 2.71 bits per heavy atom. The number of ether oxygens (including phenoxy) is 1. The van der Waals surface area contributed by atoms with Crippen molar-refractivity contribution < 1.29 is 14.6 Å². The molecule has 6 rings (SSSR count). The molecule has 3 N–H and O–H groups in total. The third-order valence-electron chi connectivity index (χ3n) is 6.03. The maximum absolute atomic E-state index is 9.00. The molecule has 1 aromatic carbocycles. The van der Waals surface area contributed by atoms with Crippen molar-refractivity contribution >= 4 is 44.2 Å². The van der Waals surface area contributed by atoms with Gasteiger partial charge in [0.2, 0.25) is 0 Å². The summed E-state index contributed by atoms with van der Waals surface area (Å²) in [6.45, 7) is 9.52. The van der Waals surface area contributed by atoms with E-state index in [1.54, 1.807) is 0 Å². The Morgan fingerprint density at radius 2 is 1.94 bits per heavy atom. The fourth-order valence-electron chi connectivity index (χ4n) is 4.40. The summed E-state index contributed by atoms with van der Waals surface area (Å²) in [6.07, 6.45) is 1.86. The molecule has 3 aromatic heterocycles. The number of hydrogen-bond acceptors (Lipinski definition) is 9. The van der Waals surface area contributed by atoms with E-state index in [0.29, 0.717) is 0 Å². The van der Waals surface area contributed by atoms with Gasteiger partial charge in [-0.2, -0.15) is 5.10 Å². The largest absolute Gasteiger partial charge is 0.481 e. The monoisotopic (exact) mass is 495 g/mol. The van der Waals surface area contributed by atoms with Crippen LogP contribution in [0.25, 0.3) is 32.5 Å². The van der Waals surface area contributed by atoms with Crippen LogP contribution in [-0.2, 0) is 16.1 Å². The predicted molar refractivity (Wildman–Crippen MR) is 137 cm³/mol. The van der Waals surface area contributed by atoms with Crippen LogP contribution in [-0.4, -0.2) is 88.6 Å². The molecule has 0 aliphatic carbocycles. The van der Waals surface area contributed by atoms with Gasteiger partial charge in [-0.15, -0.1) is 11.3 Å². The third-order valence-corrected chi connectivity index (χ3v) is 7.14. The van der Waals surface area contributed by atoms with Gasteiger partial charge in [-0.05, 0) is 12.1 Å². The number of H-pyrrole nitrogens is 1. The van der Waals surface area contributed by atoms with Gasteiger partial charge in [0.1, 0.15) is 0 Å².